The van der Waals surface area contributed by atoms with Crippen molar-refractivity contribution in [2.75, 3.05) is 16.8 Å². The number of rotatable bonds is 2. The van der Waals surface area contributed by atoms with Gasteiger partial charge in [0.2, 0.25) is 0 Å². The van der Waals surface area contributed by atoms with Crippen molar-refractivity contribution < 1.29 is 0 Å². The Kier molecular flexibility index (Phi) is 4.30. The third kappa shape index (κ3) is 3.23. The predicted octanol–water partition coefficient (Wildman–Crippen LogP) is 1.95. The normalized spacial score (nSPS) is 9.25. The number of hydrogen-bond acceptors (Lipinski definition) is 3. The summed E-state index contributed by atoms with van der Waals surface area (Å²) in [6, 6.07) is 15.2. The molecule has 0 spiro atoms. The summed E-state index contributed by atoms with van der Waals surface area (Å²) in [5, 5.41) is 3.25. The van der Waals surface area contributed by atoms with E-state index < -0.39 is 0 Å². The second kappa shape index (κ2) is 5.50. The van der Waals surface area contributed by atoms with Crippen LogP contribution in [0.15, 0.2) is 48.5 Å². The van der Waals surface area contributed by atoms with Crippen molar-refractivity contribution in [1.82, 2.24) is 0 Å². The van der Waals surface area contributed by atoms with E-state index in [4.69, 9.17) is 11.5 Å². The standard InChI is InChI=1S/C12H13N3.Li.H/c13-9-1-5-11(6-2-9)15-12-7-3-10(14)4-8-12;;/h1-8,15H,13-14H2;;. The minimum absolute atomic E-state index is 0. The number of hydrogen-bond donors (Lipinski definition) is 3. The zero-order chi connectivity index (χ0) is 10.7. The van der Waals surface area contributed by atoms with Crippen LogP contribution in [0.2, 0.25) is 0 Å². The van der Waals surface area contributed by atoms with Crippen molar-refractivity contribution in [2.45, 2.75) is 0 Å². The Bertz CT molecular complexity index is 393. The first-order valence-corrected chi connectivity index (χ1v) is 4.72. The Labute approximate surface area is 107 Å². The minimum atomic E-state index is 0. The first-order valence-electron chi connectivity index (χ1n) is 4.72. The second-order valence-corrected chi connectivity index (χ2v) is 3.37. The summed E-state index contributed by atoms with van der Waals surface area (Å²) in [5.74, 6) is 0. The molecule has 0 aromatic heterocycles. The van der Waals surface area contributed by atoms with Gasteiger partial charge in [0.05, 0.1) is 0 Å². The molecule has 0 heterocycles. The van der Waals surface area contributed by atoms with E-state index in [-0.39, 0.29) is 18.9 Å². The Morgan fingerprint density at radius 1 is 0.625 bits per heavy atom. The number of nitrogen functional groups attached to an aromatic ring is 2. The fraction of sp³-hybridized carbons (Fsp3) is 0. The molecule has 0 aliphatic carbocycles. The molecule has 2 aromatic rings. The van der Waals surface area contributed by atoms with Gasteiger partial charge in [-0.3, -0.25) is 0 Å². The van der Waals surface area contributed by atoms with Crippen LogP contribution in [0.25, 0.3) is 0 Å². The van der Waals surface area contributed by atoms with Crippen molar-refractivity contribution >= 4 is 41.6 Å². The first-order chi connectivity index (χ1) is 7.24. The van der Waals surface area contributed by atoms with Crippen molar-refractivity contribution in [3.05, 3.63) is 48.5 Å². The van der Waals surface area contributed by atoms with E-state index in [0.717, 1.165) is 22.7 Å². The van der Waals surface area contributed by atoms with Crippen molar-refractivity contribution in [3.63, 3.8) is 0 Å². The molecule has 2 aromatic carbocycles. The molecule has 0 saturated carbocycles. The number of nitrogens with two attached hydrogens (primary N) is 2. The summed E-state index contributed by atoms with van der Waals surface area (Å²) in [6.07, 6.45) is 0. The molecule has 0 amide bonds. The van der Waals surface area contributed by atoms with Crippen LogP contribution in [0.3, 0.4) is 0 Å². The van der Waals surface area contributed by atoms with E-state index in [9.17, 15) is 0 Å². The zero-order valence-corrected chi connectivity index (χ0v) is 8.27. The molecule has 0 atom stereocenters. The molecular weight excluding hydrogens is 193 g/mol. The Morgan fingerprint density at radius 2 is 0.938 bits per heavy atom. The SMILES string of the molecule is Nc1ccc(Nc2ccc(N)cc2)cc1.[LiH]. The molecule has 0 unspecified atom stereocenters. The van der Waals surface area contributed by atoms with E-state index in [1.54, 1.807) is 0 Å². The maximum absolute atomic E-state index is 5.60. The van der Waals surface area contributed by atoms with Crippen LogP contribution in [-0.2, 0) is 0 Å². The summed E-state index contributed by atoms with van der Waals surface area (Å²) in [4.78, 5) is 0. The molecule has 0 bridgehead atoms. The van der Waals surface area contributed by atoms with Crippen molar-refractivity contribution in [3.8, 4) is 0 Å². The third-order valence-electron chi connectivity index (χ3n) is 2.11. The van der Waals surface area contributed by atoms with Crippen molar-refractivity contribution in [2.24, 2.45) is 0 Å². The van der Waals surface area contributed by atoms with E-state index in [2.05, 4.69) is 5.32 Å². The van der Waals surface area contributed by atoms with Crippen LogP contribution in [0.5, 0.6) is 0 Å². The van der Waals surface area contributed by atoms with Gasteiger partial charge >= 0.3 is 18.9 Å². The van der Waals surface area contributed by atoms with Crippen LogP contribution in [0.1, 0.15) is 0 Å². The van der Waals surface area contributed by atoms with Gasteiger partial charge in [-0.2, -0.15) is 0 Å². The molecule has 2 rings (SSSR count). The summed E-state index contributed by atoms with van der Waals surface area (Å²) in [5.41, 5.74) is 14.7. The quantitative estimate of drug-likeness (QED) is 0.521. The number of nitrogens with one attached hydrogen (secondary N) is 1. The van der Waals surface area contributed by atoms with Crippen LogP contribution >= 0.6 is 0 Å². The summed E-state index contributed by atoms with van der Waals surface area (Å²) >= 11 is 0. The second-order valence-electron chi connectivity index (χ2n) is 3.37. The summed E-state index contributed by atoms with van der Waals surface area (Å²) in [6.45, 7) is 0. The topological polar surface area (TPSA) is 64.1 Å². The number of benzene rings is 2. The van der Waals surface area contributed by atoms with E-state index in [0.29, 0.717) is 0 Å². The van der Waals surface area contributed by atoms with Gasteiger partial charge in [-0.05, 0) is 48.5 Å². The molecule has 0 fully saturated rings. The van der Waals surface area contributed by atoms with Gasteiger partial charge in [0.1, 0.15) is 0 Å². The average molecular weight is 207 g/mol. The van der Waals surface area contributed by atoms with E-state index in [1.165, 1.54) is 0 Å². The van der Waals surface area contributed by atoms with Gasteiger partial charge in [0.15, 0.2) is 0 Å². The van der Waals surface area contributed by atoms with Crippen molar-refractivity contribution in [1.29, 1.82) is 0 Å². The molecule has 16 heavy (non-hydrogen) atoms. The van der Waals surface area contributed by atoms with Gasteiger partial charge in [-0.25, -0.2) is 0 Å². The van der Waals surface area contributed by atoms with Crippen LogP contribution < -0.4 is 16.8 Å². The fourth-order valence-corrected chi connectivity index (χ4v) is 1.30. The summed E-state index contributed by atoms with van der Waals surface area (Å²) < 4.78 is 0. The molecule has 3 nitrogen and oxygen atoms in total. The Morgan fingerprint density at radius 3 is 1.25 bits per heavy atom. The fourth-order valence-electron chi connectivity index (χ4n) is 1.30. The number of anilines is 4. The Hall–Kier alpha value is -1.56. The van der Waals surface area contributed by atoms with Crippen LogP contribution in [0, 0.1) is 0 Å². The molecule has 0 saturated heterocycles. The van der Waals surface area contributed by atoms with Gasteiger partial charge in [-0.1, -0.05) is 0 Å². The molecule has 0 aliphatic rings. The van der Waals surface area contributed by atoms with E-state index in [1.807, 2.05) is 48.5 Å². The molecule has 4 heteroatoms. The molecule has 0 aliphatic heterocycles. The molecule has 78 valence electrons. The first kappa shape index (κ1) is 12.5. The molecule has 5 N–H and O–H groups in total. The average Bonchev–Trinajstić information content (AvgIpc) is 2.25. The van der Waals surface area contributed by atoms with Gasteiger partial charge in [-0.15, -0.1) is 0 Å². The zero-order valence-electron chi connectivity index (χ0n) is 8.27. The van der Waals surface area contributed by atoms with Crippen LogP contribution in [-0.4, -0.2) is 18.9 Å². The Balaban J connectivity index is 0.00000128. The monoisotopic (exact) mass is 207 g/mol. The van der Waals surface area contributed by atoms with Gasteiger partial charge in [0, 0.05) is 22.7 Å². The van der Waals surface area contributed by atoms with Gasteiger partial charge < -0.3 is 16.8 Å². The summed E-state index contributed by atoms with van der Waals surface area (Å²) in [7, 11) is 0. The maximum atomic E-state index is 5.60. The third-order valence-corrected chi connectivity index (χ3v) is 2.11. The van der Waals surface area contributed by atoms with Gasteiger partial charge in [0.25, 0.3) is 0 Å². The van der Waals surface area contributed by atoms with E-state index >= 15 is 0 Å². The molecular formula is C12H14LiN3. The van der Waals surface area contributed by atoms with Crippen LogP contribution in [0.4, 0.5) is 22.7 Å². The molecule has 0 radical (unpaired) electrons. The predicted molar refractivity (Wildman–Crippen MR) is 72.1 cm³/mol.